The van der Waals surface area contributed by atoms with E-state index in [1.165, 1.54) is 12.1 Å². The molecule has 0 bridgehead atoms. The maximum absolute atomic E-state index is 12.1. The van der Waals surface area contributed by atoms with E-state index in [1.54, 1.807) is 13.0 Å². The van der Waals surface area contributed by atoms with Gasteiger partial charge >= 0.3 is 0 Å². The first-order valence-corrected chi connectivity index (χ1v) is 7.36. The Balaban J connectivity index is 2.23. The number of benzene rings is 1. The first kappa shape index (κ1) is 13.7. The highest BCUT2D eigenvalue weighted by Gasteiger charge is 2.20. The van der Waals surface area contributed by atoms with Gasteiger partial charge in [0.25, 0.3) is 0 Å². The summed E-state index contributed by atoms with van der Waals surface area (Å²) in [4.78, 5) is 0.139. The molecule has 1 aliphatic heterocycles. The number of nitrogens with one attached hydrogen (secondary N) is 1. The van der Waals surface area contributed by atoms with E-state index in [2.05, 4.69) is 10.6 Å². The monoisotopic (exact) mass is 281 g/mol. The molecule has 5 nitrogen and oxygen atoms in total. The van der Waals surface area contributed by atoms with Crippen molar-refractivity contribution in [3.05, 3.63) is 18.2 Å². The lowest BCUT2D eigenvalue weighted by Gasteiger charge is -2.19. The first-order chi connectivity index (χ1) is 9.03. The van der Waals surface area contributed by atoms with Crippen molar-refractivity contribution in [2.45, 2.75) is 24.3 Å². The van der Waals surface area contributed by atoms with E-state index in [-0.39, 0.29) is 10.9 Å². The lowest BCUT2D eigenvalue weighted by atomic mass is 10.3. The van der Waals surface area contributed by atoms with Gasteiger partial charge in [-0.1, -0.05) is 0 Å². The zero-order valence-corrected chi connectivity index (χ0v) is 11.4. The molecule has 102 valence electrons. The van der Waals surface area contributed by atoms with Gasteiger partial charge in [-0.25, -0.2) is 13.1 Å². The van der Waals surface area contributed by atoms with Crippen molar-refractivity contribution in [1.29, 1.82) is 0 Å². The fourth-order valence-corrected chi connectivity index (χ4v) is 3.00. The fraction of sp³-hybridized carbons (Fsp3) is 0.385. The Morgan fingerprint density at radius 2 is 2.05 bits per heavy atom. The van der Waals surface area contributed by atoms with Crippen LogP contribution in [0.15, 0.2) is 23.1 Å². The number of fused-ring (bicyclic) bond motifs is 1. The van der Waals surface area contributed by atoms with E-state index < -0.39 is 10.0 Å². The topological polar surface area (TPSA) is 64.6 Å². The van der Waals surface area contributed by atoms with Gasteiger partial charge < -0.3 is 9.47 Å². The third-order valence-corrected chi connectivity index (χ3v) is 4.19. The number of sulfonamides is 1. The van der Waals surface area contributed by atoms with Gasteiger partial charge in [0.2, 0.25) is 10.0 Å². The van der Waals surface area contributed by atoms with Crippen LogP contribution < -0.4 is 14.2 Å². The van der Waals surface area contributed by atoms with Crippen LogP contribution >= 0.6 is 0 Å². The Morgan fingerprint density at radius 1 is 1.37 bits per heavy atom. The molecule has 1 N–H and O–H groups in total. The minimum absolute atomic E-state index is 0.139. The van der Waals surface area contributed by atoms with Gasteiger partial charge in [0.1, 0.15) is 13.2 Å². The van der Waals surface area contributed by atoms with Gasteiger partial charge in [0.05, 0.1) is 4.90 Å². The second kappa shape index (κ2) is 5.51. The van der Waals surface area contributed by atoms with Crippen molar-refractivity contribution in [1.82, 2.24) is 4.72 Å². The van der Waals surface area contributed by atoms with E-state index in [1.807, 2.05) is 0 Å². The van der Waals surface area contributed by atoms with Gasteiger partial charge in [-0.3, -0.25) is 0 Å². The molecule has 19 heavy (non-hydrogen) atoms. The van der Waals surface area contributed by atoms with Gasteiger partial charge in [-0.2, -0.15) is 0 Å². The normalized spacial score (nSPS) is 15.6. The zero-order chi connectivity index (χ0) is 13.9. The molecule has 0 amide bonds. The highest BCUT2D eigenvalue weighted by atomic mass is 32.2. The maximum Gasteiger partial charge on any atom is 0.240 e. The second-order valence-corrected chi connectivity index (χ2v) is 5.95. The first-order valence-electron chi connectivity index (χ1n) is 5.88. The van der Waals surface area contributed by atoms with Gasteiger partial charge in [0, 0.05) is 18.5 Å². The average molecular weight is 281 g/mol. The van der Waals surface area contributed by atoms with Crippen LogP contribution in [-0.2, 0) is 10.0 Å². The molecular formula is C13H15NO4S. The van der Waals surface area contributed by atoms with Crippen LogP contribution in [0.25, 0.3) is 0 Å². The van der Waals surface area contributed by atoms with E-state index in [4.69, 9.17) is 15.9 Å². The number of terminal acetylenes is 1. The summed E-state index contributed by atoms with van der Waals surface area (Å²) in [5, 5.41) is 0. The molecule has 0 saturated carbocycles. The van der Waals surface area contributed by atoms with Gasteiger partial charge in [0.15, 0.2) is 11.5 Å². The van der Waals surface area contributed by atoms with Gasteiger partial charge in [-0.15, -0.1) is 12.3 Å². The summed E-state index contributed by atoms with van der Waals surface area (Å²) in [5.41, 5.74) is 0. The largest absolute Gasteiger partial charge is 0.486 e. The summed E-state index contributed by atoms with van der Waals surface area (Å²) in [7, 11) is -3.60. The Morgan fingerprint density at radius 3 is 2.74 bits per heavy atom. The molecule has 2 rings (SSSR count). The van der Waals surface area contributed by atoms with Crippen LogP contribution in [0.5, 0.6) is 11.5 Å². The lowest BCUT2D eigenvalue weighted by molar-refractivity contribution is 0.171. The third-order valence-electron chi connectivity index (χ3n) is 2.60. The highest BCUT2D eigenvalue weighted by molar-refractivity contribution is 7.89. The molecule has 0 saturated heterocycles. The minimum Gasteiger partial charge on any atom is -0.486 e. The minimum atomic E-state index is -3.60. The smallest absolute Gasteiger partial charge is 0.240 e. The Labute approximate surface area is 113 Å². The molecule has 1 aromatic carbocycles. The molecule has 0 aliphatic carbocycles. The Hall–Kier alpha value is -1.71. The van der Waals surface area contributed by atoms with Crippen molar-refractivity contribution < 1.29 is 17.9 Å². The summed E-state index contributed by atoms with van der Waals surface area (Å²) in [6.45, 7) is 2.60. The van der Waals surface area contributed by atoms with E-state index in [0.29, 0.717) is 31.1 Å². The van der Waals surface area contributed by atoms with Crippen molar-refractivity contribution in [3.63, 3.8) is 0 Å². The SMILES string of the molecule is C#CCC(C)NS(=O)(=O)c1ccc2c(c1)OCCO2. The molecule has 1 aliphatic rings. The average Bonchev–Trinajstić information content (AvgIpc) is 2.37. The molecule has 1 aromatic rings. The molecule has 6 heteroatoms. The van der Waals surface area contributed by atoms with Crippen molar-refractivity contribution in [3.8, 4) is 23.8 Å². The predicted molar refractivity (Wildman–Crippen MR) is 70.7 cm³/mol. The molecular weight excluding hydrogens is 266 g/mol. The van der Waals surface area contributed by atoms with E-state index >= 15 is 0 Å². The number of hydrogen-bond donors (Lipinski definition) is 1. The molecule has 1 atom stereocenters. The van der Waals surface area contributed by atoms with Crippen molar-refractivity contribution in [2.24, 2.45) is 0 Å². The quantitative estimate of drug-likeness (QED) is 0.841. The van der Waals surface area contributed by atoms with Crippen molar-refractivity contribution >= 4 is 10.0 Å². The number of hydrogen-bond acceptors (Lipinski definition) is 4. The number of ether oxygens (including phenoxy) is 2. The zero-order valence-electron chi connectivity index (χ0n) is 10.5. The van der Waals surface area contributed by atoms with Crippen LogP contribution in [0.2, 0.25) is 0 Å². The predicted octanol–water partition coefficient (Wildman–Crippen LogP) is 1.15. The molecule has 0 spiro atoms. The summed E-state index contributed by atoms with van der Waals surface area (Å²) in [6, 6.07) is 4.22. The summed E-state index contributed by atoms with van der Waals surface area (Å²) < 4.78 is 37.5. The summed E-state index contributed by atoms with van der Waals surface area (Å²) in [5.74, 6) is 3.42. The van der Waals surface area contributed by atoms with Crippen LogP contribution in [-0.4, -0.2) is 27.7 Å². The van der Waals surface area contributed by atoms with Gasteiger partial charge in [-0.05, 0) is 19.1 Å². The highest BCUT2D eigenvalue weighted by Crippen LogP contribution is 2.32. The van der Waals surface area contributed by atoms with Crippen molar-refractivity contribution in [2.75, 3.05) is 13.2 Å². The third kappa shape index (κ3) is 3.19. The Bertz CT molecular complexity index is 604. The second-order valence-electron chi connectivity index (χ2n) is 4.24. The van der Waals surface area contributed by atoms with Crippen LogP contribution in [0.3, 0.4) is 0 Å². The summed E-state index contributed by atoms with van der Waals surface area (Å²) >= 11 is 0. The molecule has 0 fully saturated rings. The standard InChI is InChI=1S/C13H15NO4S/c1-3-4-10(2)14-19(15,16)11-5-6-12-13(9-11)18-8-7-17-12/h1,5-6,9-10,14H,4,7-8H2,2H3. The Kier molecular flexibility index (Phi) is 3.98. The fourth-order valence-electron chi connectivity index (χ4n) is 1.74. The van der Waals surface area contributed by atoms with Crippen LogP contribution in [0.1, 0.15) is 13.3 Å². The van der Waals surface area contributed by atoms with E-state index in [0.717, 1.165) is 0 Å². The molecule has 0 aromatic heterocycles. The summed E-state index contributed by atoms with van der Waals surface area (Å²) in [6.07, 6.45) is 5.49. The number of rotatable bonds is 4. The molecule has 1 heterocycles. The van der Waals surface area contributed by atoms with Crippen LogP contribution in [0, 0.1) is 12.3 Å². The molecule has 1 unspecified atom stereocenters. The van der Waals surface area contributed by atoms with E-state index in [9.17, 15) is 8.42 Å². The maximum atomic E-state index is 12.1. The lowest BCUT2D eigenvalue weighted by Crippen LogP contribution is -2.32. The molecule has 0 radical (unpaired) electrons. The van der Waals surface area contributed by atoms with Crippen LogP contribution in [0.4, 0.5) is 0 Å².